The van der Waals surface area contributed by atoms with Gasteiger partial charge in [-0.3, -0.25) is 4.98 Å². The first-order chi connectivity index (χ1) is 6.84. The summed E-state index contributed by atoms with van der Waals surface area (Å²) in [5, 5.41) is 3.35. The molecule has 1 atom stereocenters. The average Bonchev–Trinajstić information content (AvgIpc) is 2.19. The second-order valence-corrected chi connectivity index (χ2v) is 4.54. The molecule has 3 N–H and O–H groups in total. The Labute approximate surface area is 87.7 Å². The maximum atomic E-state index is 5.54. The third kappa shape index (κ3) is 2.51. The van der Waals surface area contributed by atoms with E-state index in [1.54, 1.807) is 12.4 Å². The van der Waals surface area contributed by atoms with Crippen LogP contribution in [0.1, 0.15) is 12.8 Å². The van der Waals surface area contributed by atoms with Crippen LogP contribution in [0.5, 0.6) is 0 Å². The molecule has 76 valence electrons. The van der Waals surface area contributed by atoms with Gasteiger partial charge >= 0.3 is 0 Å². The van der Waals surface area contributed by atoms with Crippen LogP contribution in [0.2, 0.25) is 0 Å². The number of nitrogens with two attached hydrogens (primary N) is 1. The molecule has 2 heterocycles. The van der Waals surface area contributed by atoms with Crippen LogP contribution in [0.15, 0.2) is 12.4 Å². The fraction of sp³-hybridized carbons (Fsp3) is 0.556. The second kappa shape index (κ2) is 4.50. The predicted octanol–water partition coefficient (Wildman–Crippen LogP) is 1.37. The van der Waals surface area contributed by atoms with Crippen molar-refractivity contribution in [2.45, 2.75) is 18.9 Å². The second-order valence-electron chi connectivity index (χ2n) is 3.39. The van der Waals surface area contributed by atoms with E-state index in [-0.39, 0.29) is 0 Å². The molecular weight excluding hydrogens is 196 g/mol. The van der Waals surface area contributed by atoms with Crippen LogP contribution in [0.25, 0.3) is 0 Å². The molecule has 0 saturated carbocycles. The van der Waals surface area contributed by atoms with E-state index in [4.69, 9.17) is 5.73 Å². The zero-order valence-corrected chi connectivity index (χ0v) is 8.76. The topological polar surface area (TPSA) is 63.8 Å². The Morgan fingerprint density at radius 3 is 3.14 bits per heavy atom. The molecule has 0 bridgehead atoms. The Bertz CT molecular complexity index is 299. The molecule has 1 aliphatic rings. The van der Waals surface area contributed by atoms with Crippen LogP contribution in [0, 0.1) is 0 Å². The molecular formula is C9H14N4S. The first-order valence-corrected chi connectivity index (χ1v) is 5.92. The van der Waals surface area contributed by atoms with Crippen molar-refractivity contribution in [2.75, 3.05) is 22.6 Å². The summed E-state index contributed by atoms with van der Waals surface area (Å²) in [6, 6.07) is 0.518. The molecule has 0 radical (unpaired) electrons. The minimum absolute atomic E-state index is 0.471. The van der Waals surface area contributed by atoms with E-state index in [1.807, 2.05) is 11.8 Å². The molecule has 0 amide bonds. The lowest BCUT2D eigenvalue weighted by atomic mass is 10.2. The van der Waals surface area contributed by atoms with Gasteiger partial charge in [-0.05, 0) is 18.6 Å². The fourth-order valence-electron chi connectivity index (χ4n) is 1.51. The largest absolute Gasteiger partial charge is 0.382 e. The van der Waals surface area contributed by atoms with Gasteiger partial charge in [0.15, 0.2) is 0 Å². The highest BCUT2D eigenvalue weighted by Crippen LogP contribution is 2.19. The van der Waals surface area contributed by atoms with E-state index < -0.39 is 0 Å². The van der Waals surface area contributed by atoms with Crippen molar-refractivity contribution in [1.29, 1.82) is 0 Å². The molecule has 1 aromatic heterocycles. The summed E-state index contributed by atoms with van der Waals surface area (Å²) in [5.74, 6) is 3.69. The summed E-state index contributed by atoms with van der Waals surface area (Å²) in [6.45, 7) is 0. The van der Waals surface area contributed by atoms with Gasteiger partial charge < -0.3 is 11.1 Å². The molecule has 4 nitrogen and oxygen atoms in total. The van der Waals surface area contributed by atoms with Gasteiger partial charge in [-0.1, -0.05) is 0 Å². The summed E-state index contributed by atoms with van der Waals surface area (Å²) in [6.07, 6.45) is 5.76. The van der Waals surface area contributed by atoms with Crippen LogP contribution in [-0.4, -0.2) is 27.5 Å². The van der Waals surface area contributed by atoms with Crippen LogP contribution in [0.4, 0.5) is 11.6 Å². The number of thioether (sulfide) groups is 1. The third-order valence-electron chi connectivity index (χ3n) is 2.17. The highest BCUT2D eigenvalue weighted by Gasteiger charge is 2.13. The zero-order chi connectivity index (χ0) is 9.80. The molecule has 1 saturated heterocycles. The summed E-state index contributed by atoms with van der Waals surface area (Å²) in [7, 11) is 0. The van der Waals surface area contributed by atoms with Crippen LogP contribution >= 0.6 is 11.8 Å². The van der Waals surface area contributed by atoms with E-state index in [1.165, 1.54) is 18.6 Å². The molecule has 0 spiro atoms. The normalized spacial score (nSPS) is 21.9. The number of anilines is 2. The third-order valence-corrected chi connectivity index (χ3v) is 3.38. The minimum atomic E-state index is 0.471. The van der Waals surface area contributed by atoms with E-state index in [0.29, 0.717) is 11.9 Å². The van der Waals surface area contributed by atoms with Gasteiger partial charge in [-0.2, -0.15) is 11.8 Å². The number of rotatable bonds is 2. The number of hydrogen-bond donors (Lipinski definition) is 2. The Hall–Kier alpha value is -0.970. The van der Waals surface area contributed by atoms with Crippen molar-refractivity contribution in [3.63, 3.8) is 0 Å². The summed E-state index contributed by atoms with van der Waals surface area (Å²) in [5.41, 5.74) is 5.54. The van der Waals surface area contributed by atoms with Gasteiger partial charge in [-0.15, -0.1) is 0 Å². The first kappa shape index (κ1) is 9.58. The standard InChI is InChI=1S/C9H14N4S/c10-8-4-11-5-9(13-8)12-7-2-1-3-14-6-7/h4-5,7H,1-3,6H2,(H3,10,12,13). The van der Waals surface area contributed by atoms with Crippen LogP contribution in [-0.2, 0) is 0 Å². The van der Waals surface area contributed by atoms with Gasteiger partial charge in [-0.25, -0.2) is 4.98 Å². The lowest BCUT2D eigenvalue weighted by molar-refractivity contribution is 0.682. The van der Waals surface area contributed by atoms with Gasteiger partial charge in [0, 0.05) is 11.8 Å². The molecule has 1 aliphatic heterocycles. The van der Waals surface area contributed by atoms with Gasteiger partial charge in [0.05, 0.1) is 12.4 Å². The maximum Gasteiger partial charge on any atom is 0.147 e. The molecule has 0 aliphatic carbocycles. The minimum Gasteiger partial charge on any atom is -0.382 e. The Kier molecular flexibility index (Phi) is 3.08. The number of aromatic nitrogens is 2. The van der Waals surface area contributed by atoms with Crippen molar-refractivity contribution < 1.29 is 0 Å². The average molecular weight is 210 g/mol. The Morgan fingerprint density at radius 2 is 2.43 bits per heavy atom. The number of nitrogens with zero attached hydrogens (tertiary/aromatic N) is 2. The SMILES string of the molecule is Nc1cncc(NC2CCCSC2)n1. The molecule has 2 rings (SSSR count). The van der Waals surface area contributed by atoms with E-state index >= 15 is 0 Å². The van der Waals surface area contributed by atoms with Crippen LogP contribution in [0.3, 0.4) is 0 Å². The zero-order valence-electron chi connectivity index (χ0n) is 7.94. The fourth-order valence-corrected chi connectivity index (χ4v) is 2.59. The molecule has 14 heavy (non-hydrogen) atoms. The monoisotopic (exact) mass is 210 g/mol. The summed E-state index contributed by atoms with van der Waals surface area (Å²) >= 11 is 1.98. The van der Waals surface area contributed by atoms with Crippen molar-refractivity contribution in [1.82, 2.24) is 9.97 Å². The summed E-state index contributed by atoms with van der Waals surface area (Å²) in [4.78, 5) is 8.16. The Morgan fingerprint density at radius 1 is 1.50 bits per heavy atom. The van der Waals surface area contributed by atoms with Crippen LogP contribution < -0.4 is 11.1 Å². The van der Waals surface area contributed by atoms with Crippen molar-refractivity contribution in [2.24, 2.45) is 0 Å². The lowest BCUT2D eigenvalue weighted by Gasteiger charge is -2.22. The Balaban J connectivity index is 1.95. The highest BCUT2D eigenvalue weighted by atomic mass is 32.2. The maximum absolute atomic E-state index is 5.54. The van der Waals surface area contributed by atoms with Gasteiger partial charge in [0.25, 0.3) is 0 Å². The van der Waals surface area contributed by atoms with Crippen molar-refractivity contribution in [3.8, 4) is 0 Å². The summed E-state index contributed by atoms with van der Waals surface area (Å²) < 4.78 is 0. The van der Waals surface area contributed by atoms with Gasteiger partial charge in [0.1, 0.15) is 11.6 Å². The molecule has 0 aromatic carbocycles. The quantitative estimate of drug-likeness (QED) is 0.771. The van der Waals surface area contributed by atoms with E-state index in [2.05, 4.69) is 15.3 Å². The van der Waals surface area contributed by atoms with Crippen molar-refractivity contribution in [3.05, 3.63) is 12.4 Å². The van der Waals surface area contributed by atoms with Crippen molar-refractivity contribution >= 4 is 23.4 Å². The van der Waals surface area contributed by atoms with E-state index in [9.17, 15) is 0 Å². The number of hydrogen-bond acceptors (Lipinski definition) is 5. The molecule has 5 heteroatoms. The highest BCUT2D eigenvalue weighted by molar-refractivity contribution is 7.99. The number of nitrogens with one attached hydrogen (secondary N) is 1. The predicted molar refractivity (Wildman–Crippen MR) is 60.4 cm³/mol. The van der Waals surface area contributed by atoms with Gasteiger partial charge in [0.2, 0.25) is 0 Å². The van der Waals surface area contributed by atoms with E-state index in [0.717, 1.165) is 11.6 Å². The molecule has 1 aromatic rings. The first-order valence-electron chi connectivity index (χ1n) is 4.76. The lowest BCUT2D eigenvalue weighted by Crippen LogP contribution is -2.26. The molecule has 1 fully saturated rings. The smallest absolute Gasteiger partial charge is 0.147 e. The number of nitrogen functional groups attached to an aromatic ring is 1. The molecule has 1 unspecified atom stereocenters.